The molecule has 0 aliphatic carbocycles. The Morgan fingerprint density at radius 2 is 1.86 bits per heavy atom. The Balaban J connectivity index is 1.91. The minimum absolute atomic E-state index is 0.0950. The SMILES string of the molecule is CCNC(C)c1ccc(OC(C)C(=O)N2CCCC2)cc1. The van der Waals surface area contributed by atoms with Gasteiger partial charge in [0, 0.05) is 19.1 Å². The fourth-order valence-corrected chi connectivity index (χ4v) is 2.71. The number of rotatable bonds is 6. The highest BCUT2D eigenvalue weighted by Gasteiger charge is 2.24. The molecule has 0 spiro atoms. The van der Waals surface area contributed by atoms with Crippen LogP contribution in [0.2, 0.25) is 0 Å². The maximum Gasteiger partial charge on any atom is 0.263 e. The summed E-state index contributed by atoms with van der Waals surface area (Å²) < 4.78 is 5.77. The number of carbonyl (C=O) groups is 1. The monoisotopic (exact) mass is 290 g/mol. The molecule has 4 nitrogen and oxygen atoms in total. The number of hydrogen-bond donors (Lipinski definition) is 1. The van der Waals surface area contributed by atoms with Crippen molar-refractivity contribution in [2.75, 3.05) is 19.6 Å². The Morgan fingerprint density at radius 1 is 1.24 bits per heavy atom. The van der Waals surface area contributed by atoms with Crippen LogP contribution in [0.15, 0.2) is 24.3 Å². The third-order valence-corrected chi connectivity index (χ3v) is 3.97. The molecule has 1 aromatic rings. The number of nitrogens with one attached hydrogen (secondary N) is 1. The Hall–Kier alpha value is -1.55. The number of amides is 1. The molecule has 1 aliphatic rings. The van der Waals surface area contributed by atoms with E-state index < -0.39 is 6.10 Å². The molecule has 1 amide bonds. The lowest BCUT2D eigenvalue weighted by atomic mass is 10.1. The number of benzene rings is 1. The molecular weight excluding hydrogens is 264 g/mol. The first-order valence-corrected chi connectivity index (χ1v) is 7.90. The van der Waals surface area contributed by atoms with Crippen molar-refractivity contribution >= 4 is 5.91 Å². The summed E-state index contributed by atoms with van der Waals surface area (Å²) in [5.41, 5.74) is 1.22. The van der Waals surface area contributed by atoms with E-state index in [1.807, 2.05) is 24.0 Å². The smallest absolute Gasteiger partial charge is 0.263 e. The summed E-state index contributed by atoms with van der Waals surface area (Å²) in [5, 5.41) is 3.38. The minimum Gasteiger partial charge on any atom is -0.481 e. The topological polar surface area (TPSA) is 41.6 Å². The van der Waals surface area contributed by atoms with Gasteiger partial charge in [0.05, 0.1) is 0 Å². The molecule has 116 valence electrons. The van der Waals surface area contributed by atoms with Gasteiger partial charge in [-0.1, -0.05) is 19.1 Å². The maximum absolute atomic E-state index is 12.2. The zero-order valence-electron chi connectivity index (χ0n) is 13.3. The van der Waals surface area contributed by atoms with Gasteiger partial charge >= 0.3 is 0 Å². The largest absolute Gasteiger partial charge is 0.481 e. The van der Waals surface area contributed by atoms with Crippen LogP contribution in [-0.2, 0) is 4.79 Å². The van der Waals surface area contributed by atoms with Gasteiger partial charge in [-0.25, -0.2) is 0 Å². The van der Waals surface area contributed by atoms with E-state index >= 15 is 0 Å². The molecule has 1 N–H and O–H groups in total. The molecule has 0 bridgehead atoms. The first-order valence-electron chi connectivity index (χ1n) is 7.90. The Morgan fingerprint density at radius 3 is 2.43 bits per heavy atom. The highest BCUT2D eigenvalue weighted by molar-refractivity contribution is 5.81. The molecule has 4 heteroatoms. The molecule has 1 heterocycles. The summed E-state index contributed by atoms with van der Waals surface area (Å²) >= 11 is 0. The van der Waals surface area contributed by atoms with Crippen molar-refractivity contribution in [3.63, 3.8) is 0 Å². The first kappa shape index (κ1) is 15.8. The second kappa shape index (κ2) is 7.46. The van der Waals surface area contributed by atoms with Crippen LogP contribution in [0.4, 0.5) is 0 Å². The third-order valence-electron chi connectivity index (χ3n) is 3.97. The molecule has 0 radical (unpaired) electrons. The summed E-state index contributed by atoms with van der Waals surface area (Å²) in [4.78, 5) is 14.1. The van der Waals surface area contributed by atoms with Crippen LogP contribution in [0.1, 0.15) is 45.2 Å². The second-order valence-corrected chi connectivity index (χ2v) is 5.64. The van der Waals surface area contributed by atoms with Gasteiger partial charge in [0.2, 0.25) is 0 Å². The molecule has 2 atom stereocenters. The third kappa shape index (κ3) is 4.21. The highest BCUT2D eigenvalue weighted by atomic mass is 16.5. The van der Waals surface area contributed by atoms with Crippen molar-refractivity contribution in [1.82, 2.24) is 10.2 Å². The number of carbonyl (C=O) groups excluding carboxylic acids is 1. The van der Waals surface area contributed by atoms with Crippen molar-refractivity contribution in [1.29, 1.82) is 0 Å². The van der Waals surface area contributed by atoms with Crippen molar-refractivity contribution in [3.05, 3.63) is 29.8 Å². The zero-order valence-corrected chi connectivity index (χ0v) is 13.3. The van der Waals surface area contributed by atoms with Crippen LogP contribution in [0.25, 0.3) is 0 Å². The molecule has 1 fully saturated rings. The standard InChI is InChI=1S/C17H26N2O2/c1-4-18-13(2)15-7-9-16(10-8-15)21-14(3)17(20)19-11-5-6-12-19/h7-10,13-14,18H,4-6,11-12H2,1-3H3. The molecule has 21 heavy (non-hydrogen) atoms. The molecule has 0 aromatic heterocycles. The van der Waals surface area contributed by atoms with E-state index in [0.717, 1.165) is 38.2 Å². The van der Waals surface area contributed by atoms with Gasteiger partial charge in [-0.05, 0) is 50.9 Å². The Bertz CT molecular complexity index is 452. The van der Waals surface area contributed by atoms with Crippen LogP contribution in [0.3, 0.4) is 0 Å². The molecule has 1 aliphatic heterocycles. The van der Waals surface area contributed by atoms with E-state index in [4.69, 9.17) is 4.74 Å². The highest BCUT2D eigenvalue weighted by Crippen LogP contribution is 2.19. The van der Waals surface area contributed by atoms with Crippen molar-refractivity contribution in [3.8, 4) is 5.75 Å². The summed E-state index contributed by atoms with van der Waals surface area (Å²) in [6.07, 6.45) is 1.80. The number of hydrogen-bond acceptors (Lipinski definition) is 3. The van der Waals surface area contributed by atoms with E-state index in [1.54, 1.807) is 0 Å². The molecule has 2 rings (SSSR count). The average Bonchev–Trinajstić information content (AvgIpc) is 3.01. The molecule has 1 saturated heterocycles. The van der Waals surface area contributed by atoms with E-state index in [-0.39, 0.29) is 5.91 Å². The summed E-state index contributed by atoms with van der Waals surface area (Å²) in [7, 11) is 0. The predicted octanol–water partition coefficient (Wildman–Crippen LogP) is 2.75. The molecule has 2 unspecified atom stereocenters. The number of likely N-dealkylation sites (tertiary alicyclic amines) is 1. The van der Waals surface area contributed by atoms with E-state index in [0.29, 0.717) is 6.04 Å². The van der Waals surface area contributed by atoms with Gasteiger partial charge in [-0.2, -0.15) is 0 Å². The van der Waals surface area contributed by atoms with Gasteiger partial charge < -0.3 is 15.0 Å². The van der Waals surface area contributed by atoms with Crippen LogP contribution >= 0.6 is 0 Å². The van der Waals surface area contributed by atoms with E-state index in [1.165, 1.54) is 5.56 Å². The van der Waals surface area contributed by atoms with E-state index in [9.17, 15) is 4.79 Å². The van der Waals surface area contributed by atoms with Crippen LogP contribution in [-0.4, -0.2) is 36.5 Å². The number of ether oxygens (including phenoxy) is 1. The number of nitrogens with zero attached hydrogens (tertiary/aromatic N) is 1. The lowest BCUT2D eigenvalue weighted by Crippen LogP contribution is -2.38. The van der Waals surface area contributed by atoms with Crippen LogP contribution < -0.4 is 10.1 Å². The lowest BCUT2D eigenvalue weighted by Gasteiger charge is -2.21. The van der Waals surface area contributed by atoms with Gasteiger partial charge in [0.25, 0.3) is 5.91 Å². The average molecular weight is 290 g/mol. The van der Waals surface area contributed by atoms with E-state index in [2.05, 4.69) is 31.3 Å². The van der Waals surface area contributed by atoms with Crippen molar-refractivity contribution in [2.45, 2.75) is 45.8 Å². The Labute approximate surface area is 127 Å². The summed E-state index contributed by atoms with van der Waals surface area (Å²) in [6.45, 7) is 8.74. The maximum atomic E-state index is 12.2. The van der Waals surface area contributed by atoms with Gasteiger partial charge in [-0.3, -0.25) is 4.79 Å². The van der Waals surface area contributed by atoms with Gasteiger partial charge in [0.15, 0.2) is 6.10 Å². The van der Waals surface area contributed by atoms with Crippen LogP contribution in [0.5, 0.6) is 5.75 Å². The Kier molecular flexibility index (Phi) is 5.62. The molecule has 0 saturated carbocycles. The minimum atomic E-state index is -0.417. The molecular formula is C17H26N2O2. The lowest BCUT2D eigenvalue weighted by molar-refractivity contribution is -0.136. The summed E-state index contributed by atoms with van der Waals surface area (Å²) in [6, 6.07) is 8.31. The quantitative estimate of drug-likeness (QED) is 0.876. The second-order valence-electron chi connectivity index (χ2n) is 5.64. The zero-order chi connectivity index (χ0) is 15.2. The predicted molar refractivity (Wildman–Crippen MR) is 84.4 cm³/mol. The molecule has 1 aromatic carbocycles. The van der Waals surface area contributed by atoms with Crippen LogP contribution in [0, 0.1) is 0 Å². The van der Waals surface area contributed by atoms with Gasteiger partial charge in [0.1, 0.15) is 5.75 Å². The fourth-order valence-electron chi connectivity index (χ4n) is 2.71. The summed E-state index contributed by atoms with van der Waals surface area (Å²) in [5.74, 6) is 0.847. The normalized spacial score (nSPS) is 17.6. The fraction of sp³-hybridized carbons (Fsp3) is 0.588. The van der Waals surface area contributed by atoms with Crippen molar-refractivity contribution < 1.29 is 9.53 Å². The first-order chi connectivity index (χ1) is 10.1. The van der Waals surface area contributed by atoms with Crippen molar-refractivity contribution in [2.24, 2.45) is 0 Å². The van der Waals surface area contributed by atoms with Gasteiger partial charge in [-0.15, -0.1) is 0 Å².